The van der Waals surface area contributed by atoms with Crippen molar-refractivity contribution in [2.45, 2.75) is 0 Å². The minimum atomic E-state index is -0.139. The number of H-pyrrole nitrogens is 1. The highest BCUT2D eigenvalue weighted by Crippen LogP contribution is 2.16. The summed E-state index contributed by atoms with van der Waals surface area (Å²) in [5.74, 6) is -0.139. The summed E-state index contributed by atoms with van der Waals surface area (Å²) in [7, 11) is 1.70. The first kappa shape index (κ1) is 13.6. The van der Waals surface area contributed by atoms with Gasteiger partial charge in [-0.15, -0.1) is 0 Å². The van der Waals surface area contributed by atoms with E-state index in [4.69, 9.17) is 0 Å². The zero-order valence-electron chi connectivity index (χ0n) is 11.2. The van der Waals surface area contributed by atoms with Crippen LogP contribution in [-0.2, 0) is 0 Å². The number of hydrogen-bond donors (Lipinski definition) is 1. The van der Waals surface area contributed by atoms with E-state index >= 15 is 0 Å². The number of amides is 1. The monoisotopic (exact) mass is 345 g/mol. The van der Waals surface area contributed by atoms with Crippen LogP contribution >= 0.6 is 15.9 Å². The van der Waals surface area contributed by atoms with Crippen molar-refractivity contribution in [3.8, 4) is 5.69 Å². The Morgan fingerprint density at radius 3 is 2.71 bits per heavy atom. The Morgan fingerprint density at radius 2 is 2.05 bits per heavy atom. The van der Waals surface area contributed by atoms with E-state index in [0.29, 0.717) is 11.3 Å². The molecule has 0 unspecified atom stereocenters. The third kappa shape index (κ3) is 2.73. The summed E-state index contributed by atoms with van der Waals surface area (Å²) in [6.07, 6.45) is 6.53. The van der Waals surface area contributed by atoms with E-state index in [0.717, 1.165) is 10.2 Å². The van der Waals surface area contributed by atoms with Gasteiger partial charge in [0.25, 0.3) is 5.91 Å². The lowest BCUT2D eigenvalue weighted by Crippen LogP contribution is -2.25. The summed E-state index contributed by atoms with van der Waals surface area (Å²) < 4.78 is 2.66. The van der Waals surface area contributed by atoms with E-state index in [9.17, 15) is 4.79 Å². The Morgan fingerprint density at radius 1 is 1.29 bits per heavy atom. The van der Waals surface area contributed by atoms with Crippen LogP contribution in [0.25, 0.3) is 5.69 Å². The van der Waals surface area contributed by atoms with Gasteiger partial charge in [-0.25, -0.2) is 4.68 Å². The zero-order chi connectivity index (χ0) is 14.8. The molecule has 0 saturated carbocycles. The Labute approximate surface area is 129 Å². The van der Waals surface area contributed by atoms with Crippen molar-refractivity contribution in [3.05, 3.63) is 59.1 Å². The molecule has 3 rings (SSSR count). The molecule has 0 fully saturated rings. The van der Waals surface area contributed by atoms with Crippen molar-refractivity contribution >= 4 is 27.5 Å². The number of aromatic amines is 1. The summed E-state index contributed by atoms with van der Waals surface area (Å²) in [4.78, 5) is 13.9. The molecular formula is C14H12BrN5O. The summed E-state index contributed by atoms with van der Waals surface area (Å²) in [5.41, 5.74) is 2.11. The molecule has 7 heteroatoms. The number of aromatic nitrogens is 4. The fourth-order valence-corrected chi connectivity index (χ4v) is 2.17. The van der Waals surface area contributed by atoms with Crippen molar-refractivity contribution in [1.82, 2.24) is 20.0 Å². The number of rotatable bonds is 3. The molecule has 2 heterocycles. The summed E-state index contributed by atoms with van der Waals surface area (Å²) in [5, 5.41) is 10.8. The first-order chi connectivity index (χ1) is 10.1. The van der Waals surface area contributed by atoms with E-state index in [1.54, 1.807) is 36.5 Å². The van der Waals surface area contributed by atoms with Crippen LogP contribution in [0.15, 0.2) is 53.5 Å². The number of nitrogens with one attached hydrogen (secondary N) is 1. The van der Waals surface area contributed by atoms with Gasteiger partial charge in [0.2, 0.25) is 0 Å². The molecule has 0 aliphatic rings. The van der Waals surface area contributed by atoms with E-state index < -0.39 is 0 Å². The average molecular weight is 346 g/mol. The van der Waals surface area contributed by atoms with Crippen LogP contribution < -0.4 is 4.90 Å². The SMILES string of the molecule is CN(C(=O)c1cnn(-c2ccc(Br)cc2)c1)c1cn[nH]c1. The van der Waals surface area contributed by atoms with E-state index in [-0.39, 0.29) is 5.91 Å². The van der Waals surface area contributed by atoms with Gasteiger partial charge in [0.15, 0.2) is 0 Å². The van der Waals surface area contributed by atoms with Crippen molar-refractivity contribution in [1.29, 1.82) is 0 Å². The van der Waals surface area contributed by atoms with Gasteiger partial charge >= 0.3 is 0 Å². The van der Waals surface area contributed by atoms with Gasteiger partial charge in [0.1, 0.15) is 0 Å². The molecule has 0 bridgehead atoms. The highest BCUT2D eigenvalue weighted by molar-refractivity contribution is 9.10. The Balaban J connectivity index is 1.84. The highest BCUT2D eigenvalue weighted by Gasteiger charge is 2.16. The molecule has 0 aliphatic carbocycles. The topological polar surface area (TPSA) is 66.8 Å². The van der Waals surface area contributed by atoms with Gasteiger partial charge in [0, 0.05) is 23.9 Å². The molecule has 0 spiro atoms. The maximum absolute atomic E-state index is 12.4. The van der Waals surface area contributed by atoms with Crippen LogP contribution in [0.5, 0.6) is 0 Å². The molecule has 106 valence electrons. The third-order valence-corrected chi connectivity index (χ3v) is 3.63. The lowest BCUT2D eigenvalue weighted by molar-refractivity contribution is 0.0993. The first-order valence-corrected chi connectivity index (χ1v) is 7.02. The Bertz CT molecular complexity index is 748. The molecule has 0 saturated heterocycles. The zero-order valence-corrected chi connectivity index (χ0v) is 12.8. The van der Waals surface area contributed by atoms with Gasteiger partial charge < -0.3 is 4.90 Å². The van der Waals surface area contributed by atoms with Crippen LogP contribution in [0.1, 0.15) is 10.4 Å². The fraction of sp³-hybridized carbons (Fsp3) is 0.0714. The smallest absolute Gasteiger partial charge is 0.261 e. The molecule has 6 nitrogen and oxygen atoms in total. The number of carbonyl (C=O) groups excluding carboxylic acids is 1. The second-order valence-electron chi connectivity index (χ2n) is 4.47. The molecule has 3 aromatic rings. The van der Waals surface area contributed by atoms with Crippen LogP contribution in [0.3, 0.4) is 0 Å². The first-order valence-electron chi connectivity index (χ1n) is 6.22. The predicted molar refractivity (Wildman–Crippen MR) is 82.6 cm³/mol. The second kappa shape index (κ2) is 5.53. The van der Waals surface area contributed by atoms with Crippen molar-refractivity contribution < 1.29 is 4.79 Å². The molecule has 0 aliphatic heterocycles. The number of anilines is 1. The number of hydrogen-bond acceptors (Lipinski definition) is 3. The minimum Gasteiger partial charge on any atom is -0.308 e. The molecule has 1 amide bonds. The molecule has 1 N–H and O–H groups in total. The van der Waals surface area contributed by atoms with Crippen molar-refractivity contribution in [3.63, 3.8) is 0 Å². The second-order valence-corrected chi connectivity index (χ2v) is 5.39. The highest BCUT2D eigenvalue weighted by atomic mass is 79.9. The van der Waals surface area contributed by atoms with Crippen molar-refractivity contribution in [2.75, 3.05) is 11.9 Å². The Hall–Kier alpha value is -2.41. The molecule has 0 atom stereocenters. The van der Waals surface area contributed by atoms with Gasteiger partial charge in [-0.05, 0) is 24.3 Å². The summed E-state index contributed by atoms with van der Waals surface area (Å²) in [6, 6.07) is 7.70. The maximum Gasteiger partial charge on any atom is 0.261 e. The largest absolute Gasteiger partial charge is 0.308 e. The third-order valence-electron chi connectivity index (χ3n) is 3.10. The molecule has 2 aromatic heterocycles. The molecular weight excluding hydrogens is 334 g/mol. The number of carbonyl (C=O) groups is 1. The molecule has 21 heavy (non-hydrogen) atoms. The number of nitrogens with zero attached hydrogens (tertiary/aromatic N) is 4. The summed E-state index contributed by atoms with van der Waals surface area (Å²) in [6.45, 7) is 0. The number of halogens is 1. The predicted octanol–water partition coefficient (Wildman–Crippen LogP) is 2.63. The van der Waals surface area contributed by atoms with Crippen LogP contribution in [-0.4, -0.2) is 32.9 Å². The molecule has 1 aromatic carbocycles. The van der Waals surface area contributed by atoms with Crippen LogP contribution in [0, 0.1) is 0 Å². The van der Waals surface area contributed by atoms with Crippen LogP contribution in [0.2, 0.25) is 0 Å². The normalized spacial score (nSPS) is 10.6. The van der Waals surface area contributed by atoms with Gasteiger partial charge in [-0.2, -0.15) is 10.2 Å². The van der Waals surface area contributed by atoms with Crippen LogP contribution in [0.4, 0.5) is 5.69 Å². The van der Waals surface area contributed by atoms with Gasteiger partial charge in [-0.1, -0.05) is 15.9 Å². The average Bonchev–Trinajstić information content (AvgIpc) is 3.18. The van der Waals surface area contributed by atoms with E-state index in [2.05, 4.69) is 31.2 Å². The van der Waals surface area contributed by atoms with Gasteiger partial charge in [0.05, 0.1) is 29.3 Å². The Kier molecular flexibility index (Phi) is 3.57. The van der Waals surface area contributed by atoms with E-state index in [1.165, 1.54) is 4.90 Å². The van der Waals surface area contributed by atoms with Gasteiger partial charge in [-0.3, -0.25) is 9.89 Å². The standard InChI is InChI=1S/C14H12BrN5O/c1-19(13-7-16-17-8-13)14(21)10-6-18-20(9-10)12-4-2-11(15)3-5-12/h2-9H,1H3,(H,16,17). The summed E-state index contributed by atoms with van der Waals surface area (Å²) >= 11 is 3.39. The lowest BCUT2D eigenvalue weighted by Gasteiger charge is -2.13. The van der Waals surface area contributed by atoms with Crippen molar-refractivity contribution in [2.24, 2.45) is 0 Å². The minimum absolute atomic E-state index is 0.139. The van der Waals surface area contributed by atoms with E-state index in [1.807, 2.05) is 24.3 Å². The maximum atomic E-state index is 12.4. The number of benzene rings is 1. The lowest BCUT2D eigenvalue weighted by atomic mass is 10.3. The fourth-order valence-electron chi connectivity index (χ4n) is 1.91. The molecule has 0 radical (unpaired) electrons. The quantitative estimate of drug-likeness (QED) is 0.793.